The molecule has 2 aromatic carbocycles. The van der Waals surface area contributed by atoms with Gasteiger partial charge in [-0.1, -0.05) is 54.6 Å². The zero-order chi connectivity index (χ0) is 17.6. The molecular weight excluding hydrogens is 312 g/mol. The van der Waals surface area contributed by atoms with E-state index in [0.29, 0.717) is 13.1 Å². The topological polar surface area (TPSA) is 52.6 Å². The summed E-state index contributed by atoms with van der Waals surface area (Å²) >= 11 is 0. The SMILES string of the molecule is CC(NC(=O)CN1CCCC(O)C1)c1ccc(-c2ccccc2)cc1. The van der Waals surface area contributed by atoms with Crippen LogP contribution in [0.2, 0.25) is 0 Å². The molecular formula is C21H26N2O2. The highest BCUT2D eigenvalue weighted by Gasteiger charge is 2.20. The molecule has 0 bridgehead atoms. The third-order valence-electron chi connectivity index (χ3n) is 4.74. The highest BCUT2D eigenvalue weighted by molar-refractivity contribution is 5.78. The number of amides is 1. The number of carbonyl (C=O) groups excluding carboxylic acids is 1. The normalized spacial score (nSPS) is 19.4. The zero-order valence-corrected chi connectivity index (χ0v) is 14.7. The van der Waals surface area contributed by atoms with Crippen LogP contribution in [0.3, 0.4) is 0 Å². The Bertz CT molecular complexity index is 685. The fourth-order valence-corrected chi connectivity index (χ4v) is 3.34. The van der Waals surface area contributed by atoms with E-state index >= 15 is 0 Å². The summed E-state index contributed by atoms with van der Waals surface area (Å²) in [6.45, 7) is 3.82. The summed E-state index contributed by atoms with van der Waals surface area (Å²) in [6.07, 6.45) is 1.48. The molecule has 4 heteroatoms. The Morgan fingerprint density at radius 2 is 1.84 bits per heavy atom. The Labute approximate surface area is 149 Å². The molecule has 2 atom stereocenters. The maximum Gasteiger partial charge on any atom is 0.234 e. The minimum absolute atomic E-state index is 0.00809. The van der Waals surface area contributed by atoms with Crippen LogP contribution in [0.15, 0.2) is 54.6 Å². The number of carbonyl (C=O) groups is 1. The first-order chi connectivity index (χ1) is 12.1. The van der Waals surface area contributed by atoms with Crippen LogP contribution in [-0.4, -0.2) is 41.7 Å². The molecule has 0 saturated carbocycles. The molecule has 0 radical (unpaired) electrons. The van der Waals surface area contributed by atoms with E-state index in [4.69, 9.17) is 0 Å². The van der Waals surface area contributed by atoms with Crippen LogP contribution >= 0.6 is 0 Å². The van der Waals surface area contributed by atoms with Crippen molar-refractivity contribution in [2.24, 2.45) is 0 Å². The molecule has 2 N–H and O–H groups in total. The number of hydrogen-bond donors (Lipinski definition) is 2. The van der Waals surface area contributed by atoms with Crippen molar-refractivity contribution in [3.8, 4) is 11.1 Å². The smallest absolute Gasteiger partial charge is 0.234 e. The monoisotopic (exact) mass is 338 g/mol. The average molecular weight is 338 g/mol. The van der Waals surface area contributed by atoms with E-state index in [1.165, 1.54) is 11.1 Å². The molecule has 1 aliphatic heterocycles. The molecule has 1 heterocycles. The van der Waals surface area contributed by atoms with Crippen LogP contribution < -0.4 is 5.32 Å². The lowest BCUT2D eigenvalue weighted by Crippen LogP contribution is -2.44. The van der Waals surface area contributed by atoms with E-state index in [0.717, 1.165) is 24.9 Å². The van der Waals surface area contributed by atoms with E-state index in [9.17, 15) is 9.90 Å². The summed E-state index contributed by atoms with van der Waals surface area (Å²) in [5.41, 5.74) is 3.45. The van der Waals surface area contributed by atoms with Crippen LogP contribution in [0.1, 0.15) is 31.4 Å². The molecule has 1 fully saturated rings. The van der Waals surface area contributed by atoms with Gasteiger partial charge in [-0.3, -0.25) is 9.69 Å². The first-order valence-corrected chi connectivity index (χ1v) is 8.97. The van der Waals surface area contributed by atoms with Crippen molar-refractivity contribution in [1.29, 1.82) is 0 Å². The standard InChI is InChI=1S/C21H26N2O2/c1-16(22-21(25)15-23-13-5-8-20(24)14-23)17-9-11-19(12-10-17)18-6-3-2-4-7-18/h2-4,6-7,9-12,16,20,24H,5,8,13-15H2,1H3,(H,22,25). The number of piperidine rings is 1. The van der Waals surface area contributed by atoms with Gasteiger partial charge in [-0.2, -0.15) is 0 Å². The van der Waals surface area contributed by atoms with Crippen LogP contribution in [0.25, 0.3) is 11.1 Å². The molecule has 2 unspecified atom stereocenters. The number of aliphatic hydroxyl groups excluding tert-OH is 1. The molecule has 0 spiro atoms. The van der Waals surface area contributed by atoms with Gasteiger partial charge in [-0.25, -0.2) is 0 Å². The van der Waals surface area contributed by atoms with Crippen molar-refractivity contribution in [1.82, 2.24) is 10.2 Å². The molecule has 1 aliphatic rings. The second-order valence-corrected chi connectivity index (χ2v) is 6.81. The summed E-state index contributed by atoms with van der Waals surface area (Å²) in [4.78, 5) is 14.3. The Kier molecular flexibility index (Phi) is 5.84. The van der Waals surface area contributed by atoms with Gasteiger partial charge in [-0.15, -0.1) is 0 Å². The molecule has 1 amide bonds. The fraction of sp³-hybridized carbons (Fsp3) is 0.381. The molecule has 132 valence electrons. The maximum absolute atomic E-state index is 12.3. The van der Waals surface area contributed by atoms with E-state index in [1.54, 1.807) is 0 Å². The first-order valence-electron chi connectivity index (χ1n) is 8.97. The summed E-state index contributed by atoms with van der Waals surface area (Å²) < 4.78 is 0. The summed E-state index contributed by atoms with van der Waals surface area (Å²) in [7, 11) is 0. The predicted octanol–water partition coefficient (Wildman–Crippen LogP) is 2.99. The Morgan fingerprint density at radius 3 is 2.52 bits per heavy atom. The molecule has 0 aromatic heterocycles. The minimum atomic E-state index is -0.301. The second-order valence-electron chi connectivity index (χ2n) is 6.81. The number of β-amino-alcohol motifs (C(OH)–C–C–N with tert-alkyl or cyclic N) is 1. The van der Waals surface area contributed by atoms with Crippen LogP contribution in [0.4, 0.5) is 0 Å². The molecule has 25 heavy (non-hydrogen) atoms. The van der Waals surface area contributed by atoms with Crippen molar-refractivity contribution >= 4 is 5.91 Å². The van der Waals surface area contributed by atoms with Crippen molar-refractivity contribution in [3.63, 3.8) is 0 Å². The summed E-state index contributed by atoms with van der Waals surface area (Å²) in [5, 5.41) is 12.8. The average Bonchev–Trinajstić information content (AvgIpc) is 2.62. The number of aliphatic hydroxyl groups is 1. The van der Waals surface area contributed by atoms with Gasteiger partial charge in [0.15, 0.2) is 0 Å². The Hall–Kier alpha value is -2.17. The van der Waals surface area contributed by atoms with Gasteiger partial charge in [0.1, 0.15) is 0 Å². The Morgan fingerprint density at radius 1 is 1.16 bits per heavy atom. The van der Waals surface area contributed by atoms with E-state index in [1.807, 2.05) is 30.0 Å². The summed E-state index contributed by atoms with van der Waals surface area (Å²) in [6, 6.07) is 18.5. The lowest BCUT2D eigenvalue weighted by atomic mass is 10.0. The van der Waals surface area contributed by atoms with Gasteiger partial charge in [0.05, 0.1) is 18.7 Å². The quantitative estimate of drug-likeness (QED) is 0.881. The van der Waals surface area contributed by atoms with Gasteiger partial charge >= 0.3 is 0 Å². The summed E-state index contributed by atoms with van der Waals surface area (Å²) in [5.74, 6) is 0.00809. The molecule has 2 aromatic rings. The number of hydrogen-bond acceptors (Lipinski definition) is 3. The van der Waals surface area contributed by atoms with E-state index < -0.39 is 0 Å². The molecule has 3 rings (SSSR count). The van der Waals surface area contributed by atoms with Crippen molar-refractivity contribution in [3.05, 3.63) is 60.2 Å². The fourth-order valence-electron chi connectivity index (χ4n) is 3.34. The van der Waals surface area contributed by atoms with Gasteiger partial charge < -0.3 is 10.4 Å². The van der Waals surface area contributed by atoms with E-state index in [2.05, 4.69) is 41.7 Å². The number of rotatable bonds is 5. The lowest BCUT2D eigenvalue weighted by molar-refractivity contribution is -0.123. The number of nitrogens with one attached hydrogen (secondary N) is 1. The number of likely N-dealkylation sites (tertiary alicyclic amines) is 1. The molecule has 4 nitrogen and oxygen atoms in total. The Balaban J connectivity index is 1.55. The third kappa shape index (κ3) is 4.91. The van der Waals surface area contributed by atoms with Gasteiger partial charge in [0.25, 0.3) is 0 Å². The molecule has 1 saturated heterocycles. The predicted molar refractivity (Wildman–Crippen MR) is 100 cm³/mol. The van der Waals surface area contributed by atoms with Gasteiger partial charge in [0.2, 0.25) is 5.91 Å². The highest BCUT2D eigenvalue weighted by atomic mass is 16.3. The number of benzene rings is 2. The van der Waals surface area contributed by atoms with Crippen LogP contribution in [-0.2, 0) is 4.79 Å². The van der Waals surface area contributed by atoms with Crippen LogP contribution in [0.5, 0.6) is 0 Å². The molecule has 0 aliphatic carbocycles. The van der Waals surface area contributed by atoms with Gasteiger partial charge in [0, 0.05) is 6.54 Å². The minimum Gasteiger partial charge on any atom is -0.392 e. The van der Waals surface area contributed by atoms with Crippen molar-refractivity contribution < 1.29 is 9.90 Å². The second kappa shape index (κ2) is 8.28. The van der Waals surface area contributed by atoms with Crippen molar-refractivity contribution in [2.75, 3.05) is 19.6 Å². The van der Waals surface area contributed by atoms with Crippen LogP contribution in [0, 0.1) is 0 Å². The first kappa shape index (κ1) is 17.6. The highest BCUT2D eigenvalue weighted by Crippen LogP contribution is 2.21. The van der Waals surface area contributed by atoms with Gasteiger partial charge in [-0.05, 0) is 43.0 Å². The third-order valence-corrected chi connectivity index (χ3v) is 4.74. The lowest BCUT2D eigenvalue weighted by Gasteiger charge is -2.29. The number of nitrogens with zero attached hydrogens (tertiary/aromatic N) is 1. The maximum atomic E-state index is 12.3. The van der Waals surface area contributed by atoms with E-state index in [-0.39, 0.29) is 18.1 Å². The van der Waals surface area contributed by atoms with Crippen molar-refractivity contribution in [2.45, 2.75) is 31.9 Å². The zero-order valence-electron chi connectivity index (χ0n) is 14.7. The largest absolute Gasteiger partial charge is 0.392 e.